The molecule has 2 amide bonds. The van der Waals surface area contributed by atoms with Crippen molar-refractivity contribution in [2.45, 2.75) is 31.6 Å². The molecule has 1 saturated heterocycles. The third-order valence-corrected chi connectivity index (χ3v) is 11.4. The maximum atomic E-state index is 16.0. The first-order valence-electron chi connectivity index (χ1n) is 15.9. The van der Waals surface area contributed by atoms with E-state index in [1.54, 1.807) is 0 Å². The van der Waals surface area contributed by atoms with E-state index in [2.05, 4.69) is 64.5 Å². The first-order valence-corrected chi connectivity index (χ1v) is 16.7. The molecule has 1 aliphatic heterocycles. The standard InChI is InChI=1S/C42H32BrNO3/c1-25-14-19-28(20-15-25)34-35(29-21-16-26(2)17-22-29)42(31-12-8-5-9-13-31)37-36(41(34,40(42)47)30-10-6-4-7-11-30)38(45)44(39(37)46)32-23-18-27(3)33(43)24-32/h4-24,36-37H,1-3H3/t36-,37+,41-,42-/m1/s1. The lowest BCUT2D eigenvalue weighted by Gasteiger charge is -2.39. The highest BCUT2D eigenvalue weighted by molar-refractivity contribution is 9.10. The molecule has 230 valence electrons. The van der Waals surface area contributed by atoms with Crippen molar-refractivity contribution in [1.82, 2.24) is 0 Å². The zero-order chi connectivity index (χ0) is 32.7. The van der Waals surface area contributed by atoms with E-state index in [0.717, 1.165) is 54.6 Å². The highest BCUT2D eigenvalue weighted by Gasteiger charge is 2.82. The van der Waals surface area contributed by atoms with Gasteiger partial charge in [0.05, 0.1) is 28.4 Å². The van der Waals surface area contributed by atoms with Crippen LogP contribution >= 0.6 is 15.9 Å². The number of rotatable bonds is 5. The van der Waals surface area contributed by atoms with E-state index < -0.39 is 22.7 Å². The number of hydrogen-bond acceptors (Lipinski definition) is 3. The van der Waals surface area contributed by atoms with Gasteiger partial charge in [0.2, 0.25) is 11.8 Å². The van der Waals surface area contributed by atoms with Crippen LogP contribution in [-0.4, -0.2) is 17.6 Å². The Bertz CT molecular complexity index is 2010. The number of hydrogen-bond donors (Lipinski definition) is 0. The van der Waals surface area contributed by atoms with Crippen LogP contribution in [-0.2, 0) is 25.2 Å². The van der Waals surface area contributed by atoms with Crippen molar-refractivity contribution >= 4 is 50.4 Å². The number of benzene rings is 5. The molecule has 4 atom stereocenters. The van der Waals surface area contributed by atoms with Crippen molar-refractivity contribution in [3.05, 3.63) is 171 Å². The lowest BCUT2D eigenvalue weighted by atomic mass is 9.59. The van der Waals surface area contributed by atoms with Crippen LogP contribution in [0.1, 0.15) is 38.9 Å². The number of carbonyl (C=O) groups excluding carboxylic acids is 3. The van der Waals surface area contributed by atoms with Crippen LogP contribution in [0.5, 0.6) is 0 Å². The minimum atomic E-state index is -1.42. The Morgan fingerprint density at radius 1 is 0.553 bits per heavy atom. The summed E-state index contributed by atoms with van der Waals surface area (Å²) < 4.78 is 0.807. The van der Waals surface area contributed by atoms with E-state index in [4.69, 9.17) is 0 Å². The number of fused-ring (bicyclic) bond motifs is 5. The van der Waals surface area contributed by atoms with Gasteiger partial charge >= 0.3 is 0 Å². The number of amides is 2. The molecule has 0 aromatic heterocycles. The van der Waals surface area contributed by atoms with Crippen LogP contribution in [0.2, 0.25) is 0 Å². The van der Waals surface area contributed by atoms with Crippen LogP contribution < -0.4 is 4.90 Å². The fraction of sp³-hybridized carbons (Fsp3) is 0.167. The van der Waals surface area contributed by atoms with Crippen LogP contribution in [0.15, 0.2) is 132 Å². The predicted octanol–water partition coefficient (Wildman–Crippen LogP) is 8.56. The molecule has 47 heavy (non-hydrogen) atoms. The number of anilines is 1. The largest absolute Gasteiger partial charge is 0.297 e. The summed E-state index contributed by atoms with van der Waals surface area (Å²) in [4.78, 5) is 47.6. The highest BCUT2D eigenvalue weighted by atomic mass is 79.9. The fourth-order valence-corrected chi connectivity index (χ4v) is 8.91. The summed E-state index contributed by atoms with van der Waals surface area (Å²) in [6, 6.07) is 41.3. The maximum Gasteiger partial charge on any atom is 0.239 e. The van der Waals surface area contributed by atoms with E-state index in [0.29, 0.717) is 5.69 Å². The van der Waals surface area contributed by atoms with Gasteiger partial charge in [-0.3, -0.25) is 14.4 Å². The van der Waals surface area contributed by atoms with E-state index in [-0.39, 0.29) is 17.6 Å². The Kier molecular flexibility index (Phi) is 6.65. The van der Waals surface area contributed by atoms with E-state index in [1.165, 1.54) is 4.90 Å². The maximum absolute atomic E-state index is 16.0. The number of ketones is 1. The SMILES string of the molecule is Cc1ccc(C2=C(c3ccc(C)cc3)[C@@]3(c4ccccc4)C(=O)[C@@]2(c2ccccc2)[C@@H]2C(=O)N(c4ccc(C)c(Br)c4)C(=O)[C@@H]23)cc1. The molecule has 0 radical (unpaired) electrons. The van der Waals surface area contributed by atoms with Crippen molar-refractivity contribution in [1.29, 1.82) is 0 Å². The first kappa shape index (κ1) is 29.5. The molecule has 0 spiro atoms. The van der Waals surface area contributed by atoms with E-state index in [9.17, 15) is 0 Å². The Morgan fingerprint density at radius 3 is 1.38 bits per heavy atom. The van der Waals surface area contributed by atoms with Gasteiger partial charge in [-0.15, -0.1) is 0 Å². The quantitative estimate of drug-likeness (QED) is 0.175. The average molecular weight is 679 g/mol. The highest BCUT2D eigenvalue weighted by Crippen LogP contribution is 2.74. The number of Topliss-reactive ketones (excluding diaryl/α,β-unsaturated/α-hetero) is 1. The van der Waals surface area contributed by atoms with Crippen LogP contribution in [0, 0.1) is 32.6 Å². The van der Waals surface area contributed by atoms with Crippen molar-refractivity contribution < 1.29 is 14.4 Å². The topological polar surface area (TPSA) is 54.5 Å². The summed E-state index contributed by atoms with van der Waals surface area (Å²) >= 11 is 3.61. The van der Waals surface area contributed by atoms with Crippen LogP contribution in [0.25, 0.3) is 11.1 Å². The molecule has 4 nitrogen and oxygen atoms in total. The number of nitrogens with zero attached hydrogens (tertiary/aromatic N) is 1. The van der Waals surface area contributed by atoms with Crippen LogP contribution in [0.3, 0.4) is 0 Å². The molecular weight excluding hydrogens is 646 g/mol. The zero-order valence-corrected chi connectivity index (χ0v) is 27.9. The first-order chi connectivity index (χ1) is 22.7. The fourth-order valence-electron chi connectivity index (χ4n) is 8.54. The van der Waals surface area contributed by atoms with Gasteiger partial charge in [0.1, 0.15) is 0 Å². The molecule has 2 aliphatic carbocycles. The van der Waals surface area contributed by atoms with Crippen LogP contribution in [0.4, 0.5) is 5.69 Å². The predicted molar refractivity (Wildman–Crippen MR) is 189 cm³/mol. The van der Waals surface area contributed by atoms with Gasteiger partial charge in [-0.05, 0) is 71.9 Å². The van der Waals surface area contributed by atoms with Crippen molar-refractivity contribution in [2.75, 3.05) is 4.90 Å². The molecule has 2 bridgehead atoms. The number of imide groups is 1. The summed E-state index contributed by atoms with van der Waals surface area (Å²) in [6.45, 7) is 6.04. The van der Waals surface area contributed by atoms with Crippen molar-refractivity contribution in [3.8, 4) is 0 Å². The summed E-state index contributed by atoms with van der Waals surface area (Å²) in [5.74, 6) is -2.71. The molecular formula is C42H32BrNO3. The lowest BCUT2D eigenvalue weighted by Crippen LogP contribution is -2.45. The summed E-state index contributed by atoms with van der Waals surface area (Å²) in [5, 5.41) is 0. The third kappa shape index (κ3) is 3.84. The van der Waals surface area contributed by atoms with Gasteiger partial charge in [-0.2, -0.15) is 0 Å². The molecule has 5 aromatic rings. The van der Waals surface area contributed by atoms with Crippen molar-refractivity contribution in [2.24, 2.45) is 11.8 Å². The van der Waals surface area contributed by atoms with E-state index in [1.807, 2.05) is 99.6 Å². The number of allylic oxidation sites excluding steroid dienone is 2. The lowest BCUT2D eigenvalue weighted by molar-refractivity contribution is -0.130. The minimum absolute atomic E-state index is 0.116. The number of halogens is 1. The summed E-state index contributed by atoms with van der Waals surface area (Å²) in [7, 11) is 0. The Morgan fingerprint density at radius 2 is 0.979 bits per heavy atom. The average Bonchev–Trinajstić information content (AvgIpc) is 3.60. The molecule has 0 N–H and O–H groups in total. The van der Waals surface area contributed by atoms with E-state index >= 15 is 14.4 Å². The third-order valence-electron chi connectivity index (χ3n) is 10.5. The normalized spacial score (nSPS) is 24.8. The number of carbonyl (C=O) groups is 3. The van der Waals surface area contributed by atoms with Gasteiger partial charge in [0.15, 0.2) is 5.78 Å². The smallest absolute Gasteiger partial charge is 0.239 e. The molecule has 5 aromatic carbocycles. The van der Waals surface area contributed by atoms with Gasteiger partial charge in [-0.1, -0.05) is 142 Å². The molecule has 3 aliphatic rings. The van der Waals surface area contributed by atoms with Gasteiger partial charge < -0.3 is 0 Å². The Labute approximate surface area is 282 Å². The molecule has 2 fully saturated rings. The second-order valence-corrected chi connectivity index (χ2v) is 13.9. The number of aryl methyl sites for hydroxylation is 3. The Balaban J connectivity index is 1.55. The minimum Gasteiger partial charge on any atom is -0.297 e. The molecule has 5 heteroatoms. The zero-order valence-electron chi connectivity index (χ0n) is 26.3. The summed E-state index contributed by atoms with van der Waals surface area (Å²) in [5.41, 5.74) is 5.64. The second-order valence-electron chi connectivity index (χ2n) is 13.1. The second kappa shape index (κ2) is 10.6. The van der Waals surface area contributed by atoms with Gasteiger partial charge in [0, 0.05) is 4.47 Å². The Hall–Kier alpha value is -4.87. The van der Waals surface area contributed by atoms with Gasteiger partial charge in [-0.25, -0.2) is 4.90 Å². The van der Waals surface area contributed by atoms with Crippen molar-refractivity contribution in [3.63, 3.8) is 0 Å². The molecule has 8 rings (SSSR count). The molecule has 0 unspecified atom stereocenters. The molecule has 1 heterocycles. The monoisotopic (exact) mass is 677 g/mol. The summed E-state index contributed by atoms with van der Waals surface area (Å²) in [6.07, 6.45) is 0. The van der Waals surface area contributed by atoms with Gasteiger partial charge in [0.25, 0.3) is 0 Å². The molecule has 1 saturated carbocycles.